The lowest BCUT2D eigenvalue weighted by atomic mass is 10.1. The first-order chi connectivity index (χ1) is 8.29. The topological polar surface area (TPSA) is 9.23 Å². The van der Waals surface area contributed by atoms with Gasteiger partial charge in [0.05, 0.1) is 6.10 Å². The molecule has 0 atom stereocenters. The summed E-state index contributed by atoms with van der Waals surface area (Å²) in [5.41, 5.74) is 0.940. The van der Waals surface area contributed by atoms with E-state index in [2.05, 4.69) is 15.9 Å². The molecule has 0 spiro atoms. The van der Waals surface area contributed by atoms with Gasteiger partial charge in [-0.2, -0.15) is 0 Å². The highest BCUT2D eigenvalue weighted by molar-refractivity contribution is 9.08. The van der Waals surface area contributed by atoms with Crippen molar-refractivity contribution < 1.29 is 9.13 Å². The monoisotopic (exact) mass is 300 g/mol. The maximum atomic E-state index is 13.7. The maximum Gasteiger partial charge on any atom is 0.165 e. The van der Waals surface area contributed by atoms with Gasteiger partial charge < -0.3 is 4.74 Å². The lowest BCUT2D eigenvalue weighted by molar-refractivity contribution is 0.176. The van der Waals surface area contributed by atoms with Crippen molar-refractivity contribution in [3.63, 3.8) is 0 Å². The van der Waals surface area contributed by atoms with Crippen molar-refractivity contribution in [2.45, 2.75) is 50.0 Å². The van der Waals surface area contributed by atoms with Gasteiger partial charge in [-0.25, -0.2) is 4.39 Å². The van der Waals surface area contributed by atoms with Gasteiger partial charge in [-0.05, 0) is 43.4 Å². The second-order valence-electron chi connectivity index (χ2n) is 4.63. The first-order valence-corrected chi connectivity index (χ1v) is 7.43. The molecule has 1 nitrogen and oxygen atoms in total. The molecule has 0 aliphatic heterocycles. The Morgan fingerprint density at radius 1 is 1.18 bits per heavy atom. The normalized spacial score (nSPS) is 17.8. The van der Waals surface area contributed by atoms with Crippen LogP contribution in [0.25, 0.3) is 0 Å². The number of hydrogen-bond donors (Lipinski definition) is 0. The summed E-state index contributed by atoms with van der Waals surface area (Å²) in [5.74, 6) is 0.160. The summed E-state index contributed by atoms with van der Waals surface area (Å²) in [6.45, 7) is 0. The largest absolute Gasteiger partial charge is 0.487 e. The molecule has 0 unspecified atom stereocenters. The van der Waals surface area contributed by atoms with Gasteiger partial charge in [0.2, 0.25) is 0 Å². The van der Waals surface area contributed by atoms with Crippen molar-refractivity contribution in [1.29, 1.82) is 0 Å². The minimum atomic E-state index is -0.244. The van der Waals surface area contributed by atoms with Crippen LogP contribution in [-0.4, -0.2) is 6.10 Å². The average molecular weight is 301 g/mol. The molecule has 0 bridgehead atoms. The molecule has 2 rings (SSSR count). The minimum absolute atomic E-state index is 0.196. The predicted octanol–water partition coefficient (Wildman–Crippen LogP) is 4.82. The third kappa shape index (κ3) is 3.70. The molecule has 0 aromatic heterocycles. The van der Waals surface area contributed by atoms with Crippen molar-refractivity contribution in [2.75, 3.05) is 0 Å². The van der Waals surface area contributed by atoms with Gasteiger partial charge in [-0.15, -0.1) is 0 Å². The molecule has 94 valence electrons. The molecule has 3 heteroatoms. The van der Waals surface area contributed by atoms with E-state index in [1.165, 1.54) is 25.7 Å². The third-order valence-corrected chi connectivity index (χ3v) is 3.89. The van der Waals surface area contributed by atoms with Crippen LogP contribution in [0.3, 0.4) is 0 Å². The number of alkyl halides is 1. The van der Waals surface area contributed by atoms with Crippen LogP contribution in [0.15, 0.2) is 18.2 Å². The highest BCUT2D eigenvalue weighted by Crippen LogP contribution is 2.25. The predicted molar refractivity (Wildman–Crippen MR) is 71.1 cm³/mol. The molecule has 0 saturated heterocycles. The molecule has 0 heterocycles. The van der Waals surface area contributed by atoms with Crippen molar-refractivity contribution in [3.8, 4) is 5.75 Å². The Kier molecular flexibility index (Phi) is 4.84. The number of ether oxygens (including phenoxy) is 1. The lowest BCUT2D eigenvalue weighted by Crippen LogP contribution is -2.15. The van der Waals surface area contributed by atoms with Crippen LogP contribution in [0.4, 0.5) is 4.39 Å². The van der Waals surface area contributed by atoms with E-state index in [0.717, 1.165) is 18.4 Å². The Hall–Kier alpha value is -0.570. The highest BCUT2D eigenvalue weighted by Gasteiger charge is 2.15. The van der Waals surface area contributed by atoms with Gasteiger partial charge in [0, 0.05) is 5.33 Å². The van der Waals surface area contributed by atoms with Crippen molar-refractivity contribution >= 4 is 15.9 Å². The van der Waals surface area contributed by atoms with Gasteiger partial charge in [0.25, 0.3) is 0 Å². The fraction of sp³-hybridized carbons (Fsp3) is 0.571. The summed E-state index contributed by atoms with van der Waals surface area (Å²) < 4.78 is 19.5. The Morgan fingerprint density at radius 2 is 1.88 bits per heavy atom. The molecule has 1 saturated carbocycles. The van der Waals surface area contributed by atoms with Crippen LogP contribution >= 0.6 is 15.9 Å². The molecular weight excluding hydrogens is 283 g/mol. The highest BCUT2D eigenvalue weighted by atomic mass is 79.9. The molecule has 1 aliphatic rings. The summed E-state index contributed by atoms with van der Waals surface area (Å²) in [6, 6.07) is 5.20. The van der Waals surface area contributed by atoms with Crippen LogP contribution in [0, 0.1) is 5.82 Å². The Labute approximate surface area is 110 Å². The minimum Gasteiger partial charge on any atom is -0.487 e. The lowest BCUT2D eigenvalue weighted by Gasteiger charge is -2.17. The van der Waals surface area contributed by atoms with E-state index in [0.29, 0.717) is 11.1 Å². The van der Waals surface area contributed by atoms with Crippen LogP contribution in [0.5, 0.6) is 5.75 Å². The number of hydrogen-bond acceptors (Lipinski definition) is 1. The van der Waals surface area contributed by atoms with Gasteiger partial charge in [-0.3, -0.25) is 0 Å². The first kappa shape index (κ1) is 12.9. The summed E-state index contributed by atoms with van der Waals surface area (Å²) in [4.78, 5) is 0. The van der Waals surface area contributed by atoms with Crippen LogP contribution in [-0.2, 0) is 5.33 Å². The maximum absolute atomic E-state index is 13.7. The molecule has 0 radical (unpaired) electrons. The summed E-state index contributed by atoms with van der Waals surface area (Å²) in [6.07, 6.45) is 7.27. The van der Waals surface area contributed by atoms with Crippen LogP contribution < -0.4 is 4.74 Å². The fourth-order valence-corrected chi connectivity index (χ4v) is 2.61. The van der Waals surface area contributed by atoms with E-state index >= 15 is 0 Å². The molecule has 17 heavy (non-hydrogen) atoms. The second-order valence-corrected chi connectivity index (χ2v) is 5.19. The summed E-state index contributed by atoms with van der Waals surface area (Å²) in [7, 11) is 0. The Bertz CT molecular complexity index is 359. The molecular formula is C14H18BrFO. The van der Waals surface area contributed by atoms with E-state index in [9.17, 15) is 4.39 Å². The summed E-state index contributed by atoms with van der Waals surface area (Å²) >= 11 is 3.32. The van der Waals surface area contributed by atoms with Gasteiger partial charge in [0.1, 0.15) is 0 Å². The van der Waals surface area contributed by atoms with Crippen LogP contribution in [0.2, 0.25) is 0 Å². The van der Waals surface area contributed by atoms with Gasteiger partial charge in [-0.1, -0.05) is 34.8 Å². The molecule has 0 amide bonds. The van der Waals surface area contributed by atoms with Crippen molar-refractivity contribution in [3.05, 3.63) is 29.6 Å². The van der Waals surface area contributed by atoms with E-state index in [1.54, 1.807) is 12.1 Å². The quantitative estimate of drug-likeness (QED) is 0.574. The van der Waals surface area contributed by atoms with E-state index in [4.69, 9.17) is 4.74 Å². The van der Waals surface area contributed by atoms with Gasteiger partial charge in [0.15, 0.2) is 11.6 Å². The standard InChI is InChI=1S/C14H18BrFO/c15-10-11-7-8-14(13(16)9-11)17-12-5-3-1-2-4-6-12/h7-9,12H,1-6,10H2. The SMILES string of the molecule is Fc1cc(CBr)ccc1OC1CCCCCC1. The zero-order chi connectivity index (χ0) is 12.1. The molecule has 1 aromatic rings. The van der Waals surface area contributed by atoms with Crippen LogP contribution in [0.1, 0.15) is 44.1 Å². The van der Waals surface area contributed by atoms with Gasteiger partial charge >= 0.3 is 0 Å². The molecule has 1 fully saturated rings. The second kappa shape index (κ2) is 6.39. The number of halogens is 2. The fourth-order valence-electron chi connectivity index (χ4n) is 2.26. The molecule has 0 N–H and O–H groups in total. The zero-order valence-electron chi connectivity index (χ0n) is 9.92. The van der Waals surface area contributed by atoms with Crippen molar-refractivity contribution in [2.24, 2.45) is 0 Å². The summed E-state index contributed by atoms with van der Waals surface area (Å²) in [5, 5.41) is 0.674. The van der Waals surface area contributed by atoms with E-state index in [1.807, 2.05) is 6.07 Å². The average Bonchev–Trinajstić information content (AvgIpc) is 2.60. The first-order valence-electron chi connectivity index (χ1n) is 6.30. The Morgan fingerprint density at radius 3 is 2.47 bits per heavy atom. The Balaban J connectivity index is 2.01. The third-order valence-electron chi connectivity index (χ3n) is 3.25. The van der Waals surface area contributed by atoms with Crippen molar-refractivity contribution in [1.82, 2.24) is 0 Å². The molecule has 1 aliphatic carbocycles. The number of benzene rings is 1. The molecule has 1 aromatic carbocycles. The van der Waals surface area contributed by atoms with E-state index < -0.39 is 0 Å². The van der Waals surface area contributed by atoms with E-state index in [-0.39, 0.29) is 11.9 Å². The zero-order valence-corrected chi connectivity index (χ0v) is 11.5. The number of rotatable bonds is 3. The smallest absolute Gasteiger partial charge is 0.165 e.